The van der Waals surface area contributed by atoms with E-state index in [-0.39, 0.29) is 17.6 Å². The first-order valence-electron chi connectivity index (χ1n) is 6.12. The number of likely N-dealkylation sites (N-methyl/N-ethyl adjacent to an activating group) is 1. The molecule has 2 rings (SSSR count). The molecule has 1 fully saturated rings. The normalized spacial score (nSPS) is 19.1. The molecule has 2 N–H and O–H groups in total. The minimum atomic E-state index is -0.531. The third kappa shape index (κ3) is 2.90. The molecule has 0 aliphatic carbocycles. The van der Waals surface area contributed by atoms with Crippen LogP contribution in [0.1, 0.15) is 10.4 Å². The van der Waals surface area contributed by atoms with E-state index in [0.717, 1.165) is 0 Å². The van der Waals surface area contributed by atoms with Crippen molar-refractivity contribution in [2.75, 3.05) is 26.7 Å². The Balaban J connectivity index is 2.20. The van der Waals surface area contributed by atoms with E-state index in [1.165, 1.54) is 36.2 Å². The zero-order chi connectivity index (χ0) is 13.8. The summed E-state index contributed by atoms with van der Waals surface area (Å²) in [6.45, 7) is 1.52. The van der Waals surface area contributed by atoms with Crippen LogP contribution in [0.2, 0.25) is 0 Å². The van der Waals surface area contributed by atoms with E-state index in [1.807, 2.05) is 0 Å². The van der Waals surface area contributed by atoms with Crippen molar-refractivity contribution in [1.29, 1.82) is 0 Å². The van der Waals surface area contributed by atoms with Gasteiger partial charge in [0, 0.05) is 32.2 Å². The lowest BCUT2D eigenvalue weighted by atomic mass is 10.1. The zero-order valence-electron chi connectivity index (χ0n) is 10.6. The van der Waals surface area contributed by atoms with Crippen LogP contribution in [-0.2, 0) is 4.79 Å². The molecule has 1 atom stereocenters. The Morgan fingerprint density at radius 3 is 2.68 bits per heavy atom. The van der Waals surface area contributed by atoms with Gasteiger partial charge in [0.1, 0.15) is 11.9 Å². The summed E-state index contributed by atoms with van der Waals surface area (Å²) in [5.74, 6) is -0.850. The quantitative estimate of drug-likeness (QED) is 0.790. The Labute approximate surface area is 110 Å². The third-order valence-corrected chi connectivity index (χ3v) is 3.14. The number of nitrogens with one attached hydrogen (secondary N) is 2. The summed E-state index contributed by atoms with van der Waals surface area (Å²) in [5.41, 5.74) is 0.386. The van der Waals surface area contributed by atoms with Crippen LogP contribution in [0.5, 0.6) is 0 Å². The second-order valence-electron chi connectivity index (χ2n) is 4.34. The largest absolute Gasteiger partial charge is 0.357 e. The maximum atomic E-state index is 12.9. The van der Waals surface area contributed by atoms with Crippen molar-refractivity contribution in [2.45, 2.75) is 6.04 Å². The molecule has 1 saturated heterocycles. The SMILES string of the molecule is CNC(=O)[C@@H]1CNCCN1C(=O)c1ccc(F)cc1. The van der Waals surface area contributed by atoms with Crippen molar-refractivity contribution in [3.63, 3.8) is 0 Å². The molecule has 1 aromatic carbocycles. The van der Waals surface area contributed by atoms with Crippen molar-refractivity contribution in [3.8, 4) is 0 Å². The number of amides is 2. The van der Waals surface area contributed by atoms with E-state index in [2.05, 4.69) is 10.6 Å². The van der Waals surface area contributed by atoms with E-state index in [9.17, 15) is 14.0 Å². The van der Waals surface area contributed by atoms with Crippen LogP contribution in [0.3, 0.4) is 0 Å². The Morgan fingerprint density at radius 1 is 1.37 bits per heavy atom. The first-order valence-corrected chi connectivity index (χ1v) is 6.12. The Morgan fingerprint density at radius 2 is 2.05 bits per heavy atom. The highest BCUT2D eigenvalue weighted by molar-refractivity contribution is 5.97. The van der Waals surface area contributed by atoms with Gasteiger partial charge in [-0.2, -0.15) is 0 Å². The lowest BCUT2D eigenvalue weighted by Gasteiger charge is -2.35. The van der Waals surface area contributed by atoms with Gasteiger partial charge in [-0.05, 0) is 24.3 Å². The van der Waals surface area contributed by atoms with E-state index in [1.54, 1.807) is 0 Å². The molecule has 6 heteroatoms. The predicted octanol–water partition coefficient (Wildman–Crippen LogP) is -0.0143. The third-order valence-electron chi connectivity index (χ3n) is 3.14. The second kappa shape index (κ2) is 5.79. The summed E-state index contributed by atoms with van der Waals surface area (Å²) in [7, 11) is 1.54. The monoisotopic (exact) mass is 265 g/mol. The van der Waals surface area contributed by atoms with Gasteiger partial charge in [0.15, 0.2) is 0 Å². The maximum absolute atomic E-state index is 12.9. The number of hydrogen-bond acceptors (Lipinski definition) is 3. The smallest absolute Gasteiger partial charge is 0.254 e. The van der Waals surface area contributed by atoms with Gasteiger partial charge in [-0.15, -0.1) is 0 Å². The van der Waals surface area contributed by atoms with Gasteiger partial charge in [0.05, 0.1) is 0 Å². The molecule has 102 valence electrons. The van der Waals surface area contributed by atoms with Crippen LogP contribution in [0, 0.1) is 5.82 Å². The van der Waals surface area contributed by atoms with Gasteiger partial charge in [-0.1, -0.05) is 0 Å². The number of benzene rings is 1. The number of halogens is 1. The van der Waals surface area contributed by atoms with Crippen LogP contribution in [0.25, 0.3) is 0 Å². The van der Waals surface area contributed by atoms with Crippen LogP contribution >= 0.6 is 0 Å². The van der Waals surface area contributed by atoms with E-state index < -0.39 is 6.04 Å². The molecule has 2 amide bonds. The summed E-state index contributed by atoms with van der Waals surface area (Å²) in [4.78, 5) is 25.6. The molecule has 1 aliphatic heterocycles. The standard InChI is InChI=1S/C13H16FN3O2/c1-15-12(18)11-8-16-6-7-17(11)13(19)9-2-4-10(14)5-3-9/h2-5,11,16H,6-8H2,1H3,(H,15,18)/t11-/m0/s1. The van der Waals surface area contributed by atoms with Crippen molar-refractivity contribution in [3.05, 3.63) is 35.6 Å². The van der Waals surface area contributed by atoms with Crippen molar-refractivity contribution >= 4 is 11.8 Å². The van der Waals surface area contributed by atoms with E-state index in [4.69, 9.17) is 0 Å². The number of rotatable bonds is 2. The first-order chi connectivity index (χ1) is 9.13. The average Bonchev–Trinajstić information content (AvgIpc) is 2.46. The number of nitrogens with zero attached hydrogens (tertiary/aromatic N) is 1. The minimum absolute atomic E-state index is 0.206. The summed E-state index contributed by atoms with van der Waals surface area (Å²) in [6, 6.07) is 4.81. The van der Waals surface area contributed by atoms with Crippen LogP contribution in [0.15, 0.2) is 24.3 Å². The van der Waals surface area contributed by atoms with Crippen molar-refractivity contribution < 1.29 is 14.0 Å². The molecule has 1 heterocycles. The molecule has 19 heavy (non-hydrogen) atoms. The molecule has 0 aromatic heterocycles. The lowest BCUT2D eigenvalue weighted by Crippen LogP contribution is -2.59. The van der Waals surface area contributed by atoms with Gasteiger partial charge >= 0.3 is 0 Å². The van der Waals surface area contributed by atoms with Gasteiger partial charge in [-0.3, -0.25) is 9.59 Å². The molecule has 1 aromatic rings. The fourth-order valence-electron chi connectivity index (χ4n) is 2.11. The first kappa shape index (κ1) is 13.5. The average molecular weight is 265 g/mol. The van der Waals surface area contributed by atoms with Crippen LogP contribution in [0.4, 0.5) is 4.39 Å². The summed E-state index contributed by atoms with van der Waals surface area (Å²) >= 11 is 0. The molecule has 0 spiro atoms. The molecular weight excluding hydrogens is 249 g/mol. The van der Waals surface area contributed by atoms with Crippen LogP contribution < -0.4 is 10.6 Å². The zero-order valence-corrected chi connectivity index (χ0v) is 10.6. The molecule has 0 unspecified atom stereocenters. The van der Waals surface area contributed by atoms with E-state index in [0.29, 0.717) is 25.2 Å². The number of carbonyl (C=O) groups is 2. The van der Waals surface area contributed by atoms with Crippen LogP contribution in [-0.4, -0.2) is 49.4 Å². The Kier molecular flexibility index (Phi) is 4.11. The van der Waals surface area contributed by atoms with Crippen molar-refractivity contribution in [1.82, 2.24) is 15.5 Å². The second-order valence-corrected chi connectivity index (χ2v) is 4.34. The van der Waals surface area contributed by atoms with Gasteiger partial charge < -0.3 is 15.5 Å². The fourth-order valence-corrected chi connectivity index (χ4v) is 2.11. The predicted molar refractivity (Wildman–Crippen MR) is 68.2 cm³/mol. The topological polar surface area (TPSA) is 61.4 Å². The Bertz CT molecular complexity index is 475. The van der Waals surface area contributed by atoms with Crippen molar-refractivity contribution in [2.24, 2.45) is 0 Å². The van der Waals surface area contributed by atoms with Gasteiger partial charge in [0.2, 0.25) is 5.91 Å². The highest BCUT2D eigenvalue weighted by Gasteiger charge is 2.31. The highest BCUT2D eigenvalue weighted by Crippen LogP contribution is 2.11. The molecule has 5 nitrogen and oxygen atoms in total. The fraction of sp³-hybridized carbons (Fsp3) is 0.385. The summed E-state index contributed by atoms with van der Waals surface area (Å²) < 4.78 is 12.9. The minimum Gasteiger partial charge on any atom is -0.357 e. The molecule has 0 radical (unpaired) electrons. The summed E-state index contributed by atoms with van der Waals surface area (Å²) in [6.07, 6.45) is 0. The molecule has 0 bridgehead atoms. The van der Waals surface area contributed by atoms with Gasteiger partial charge in [-0.25, -0.2) is 4.39 Å². The number of carbonyl (C=O) groups excluding carboxylic acids is 2. The van der Waals surface area contributed by atoms with E-state index >= 15 is 0 Å². The number of piperazine rings is 1. The Hall–Kier alpha value is -1.95. The maximum Gasteiger partial charge on any atom is 0.254 e. The lowest BCUT2D eigenvalue weighted by molar-refractivity contribution is -0.125. The summed E-state index contributed by atoms with van der Waals surface area (Å²) in [5, 5.41) is 5.63. The molecule has 0 saturated carbocycles. The molecular formula is C13H16FN3O2. The molecule has 1 aliphatic rings. The number of hydrogen-bond donors (Lipinski definition) is 2. The highest BCUT2D eigenvalue weighted by atomic mass is 19.1. The van der Waals surface area contributed by atoms with Gasteiger partial charge in [0.25, 0.3) is 5.91 Å².